The molecule has 0 bridgehead atoms. The average Bonchev–Trinajstić information content (AvgIpc) is 2.31. The summed E-state index contributed by atoms with van der Waals surface area (Å²) in [6.07, 6.45) is -6.11. The number of benzene rings is 1. The molecule has 0 aliphatic rings. The summed E-state index contributed by atoms with van der Waals surface area (Å²) < 4.78 is 80.6. The van der Waals surface area contributed by atoms with Crippen LogP contribution in [0, 0.1) is 5.82 Å². The Morgan fingerprint density at radius 3 is 2.25 bits per heavy atom. The summed E-state index contributed by atoms with van der Waals surface area (Å²) >= 11 is 2.78. The molecule has 112 valence electrons. The van der Waals surface area contributed by atoms with Gasteiger partial charge < -0.3 is 4.74 Å². The minimum absolute atomic E-state index is 0.0589. The molecule has 1 aromatic carbocycles. The number of carbonyl (C=O) groups is 1. The van der Waals surface area contributed by atoms with Crippen molar-refractivity contribution >= 4 is 21.7 Å². The van der Waals surface area contributed by atoms with Crippen LogP contribution in [0.3, 0.4) is 0 Å². The number of hydrogen-bond donors (Lipinski definition) is 0. The second-order valence-corrected chi connectivity index (χ2v) is 4.52. The molecule has 20 heavy (non-hydrogen) atoms. The van der Waals surface area contributed by atoms with Crippen molar-refractivity contribution in [3.63, 3.8) is 0 Å². The van der Waals surface area contributed by atoms with Crippen LogP contribution in [0.5, 0.6) is 5.75 Å². The number of carbonyl (C=O) groups excluding carboxylic acids is 1. The van der Waals surface area contributed by atoms with Gasteiger partial charge in [0.05, 0.1) is 12.2 Å². The van der Waals surface area contributed by atoms with Crippen molar-refractivity contribution in [2.24, 2.45) is 0 Å². The first-order valence-corrected chi connectivity index (χ1v) is 5.92. The number of hydrogen-bond acceptors (Lipinski definition) is 2. The smallest absolute Gasteiger partial charge is 0.461 e. The molecular formula is C11H7BrF6O2. The predicted molar refractivity (Wildman–Crippen MR) is 60.6 cm³/mol. The van der Waals surface area contributed by atoms with E-state index >= 15 is 0 Å². The zero-order valence-electron chi connectivity index (χ0n) is 9.82. The van der Waals surface area contributed by atoms with Gasteiger partial charge in [-0.25, -0.2) is 4.39 Å². The molecule has 0 heterocycles. The largest absolute Gasteiger partial charge is 0.491 e. The Hall–Kier alpha value is -1.25. The van der Waals surface area contributed by atoms with E-state index in [2.05, 4.69) is 15.9 Å². The molecule has 0 aliphatic heterocycles. The van der Waals surface area contributed by atoms with Crippen molar-refractivity contribution in [2.45, 2.75) is 19.0 Å². The summed E-state index contributed by atoms with van der Waals surface area (Å²) in [7, 11) is 0. The molecule has 0 saturated heterocycles. The normalized spacial score (nSPS) is 12.4. The van der Waals surface area contributed by atoms with Crippen LogP contribution in [0.2, 0.25) is 0 Å². The van der Waals surface area contributed by atoms with Crippen LogP contribution < -0.4 is 4.74 Å². The minimum atomic E-state index is -6.11. The Labute approximate surface area is 117 Å². The number of ketones is 1. The molecule has 0 aromatic heterocycles. The Balaban J connectivity index is 3.37. The third-order valence-corrected chi connectivity index (χ3v) is 2.65. The number of Topliss-reactive ketones (excluding diaryl/α,β-unsaturated/α-hetero) is 1. The van der Waals surface area contributed by atoms with Gasteiger partial charge in [-0.05, 0) is 19.1 Å². The van der Waals surface area contributed by atoms with Crippen molar-refractivity contribution in [3.05, 3.63) is 28.0 Å². The molecule has 9 heteroatoms. The highest BCUT2D eigenvalue weighted by Crippen LogP contribution is 2.39. The monoisotopic (exact) mass is 364 g/mol. The molecule has 0 saturated carbocycles. The lowest BCUT2D eigenvalue weighted by Crippen LogP contribution is -2.44. The standard InChI is InChI=1S/C11H7BrF6O2/c1-2-20-7-4-5(12)3-6(8(7)13)9(19)10(14,15)11(16,17)18/h3-4H,2H2,1H3. The van der Waals surface area contributed by atoms with E-state index in [9.17, 15) is 31.1 Å². The fourth-order valence-corrected chi connectivity index (χ4v) is 1.72. The lowest BCUT2D eigenvalue weighted by Gasteiger charge is -2.19. The molecule has 0 amide bonds. The highest BCUT2D eigenvalue weighted by molar-refractivity contribution is 9.10. The second-order valence-electron chi connectivity index (χ2n) is 3.60. The van der Waals surface area contributed by atoms with E-state index in [4.69, 9.17) is 4.74 Å². The van der Waals surface area contributed by atoms with E-state index in [-0.39, 0.29) is 11.1 Å². The van der Waals surface area contributed by atoms with Gasteiger partial charge in [0.2, 0.25) is 5.78 Å². The van der Waals surface area contributed by atoms with Crippen LogP contribution in [0.4, 0.5) is 26.3 Å². The van der Waals surface area contributed by atoms with Gasteiger partial charge in [-0.15, -0.1) is 0 Å². The molecule has 0 unspecified atom stereocenters. The van der Waals surface area contributed by atoms with Gasteiger partial charge in [-0.3, -0.25) is 4.79 Å². The Kier molecular flexibility index (Phi) is 4.73. The van der Waals surface area contributed by atoms with E-state index in [0.29, 0.717) is 6.07 Å². The van der Waals surface area contributed by atoms with Gasteiger partial charge in [0.1, 0.15) is 0 Å². The number of alkyl halides is 5. The van der Waals surface area contributed by atoms with E-state index in [0.717, 1.165) is 6.07 Å². The molecule has 0 spiro atoms. The molecule has 0 N–H and O–H groups in total. The fraction of sp³-hybridized carbons (Fsp3) is 0.364. The maximum absolute atomic E-state index is 13.7. The molecule has 2 nitrogen and oxygen atoms in total. The summed E-state index contributed by atoms with van der Waals surface area (Å²) in [6, 6.07) is 1.56. The Bertz CT molecular complexity index is 526. The van der Waals surface area contributed by atoms with Gasteiger partial charge in [0.15, 0.2) is 11.6 Å². The highest BCUT2D eigenvalue weighted by Gasteiger charge is 2.63. The number of halogens is 7. The van der Waals surface area contributed by atoms with Gasteiger partial charge in [0.25, 0.3) is 0 Å². The topological polar surface area (TPSA) is 26.3 Å². The van der Waals surface area contributed by atoms with Gasteiger partial charge in [-0.2, -0.15) is 22.0 Å². The number of ether oxygens (including phenoxy) is 1. The van der Waals surface area contributed by atoms with E-state index in [1.807, 2.05) is 0 Å². The number of rotatable bonds is 4. The molecule has 1 rings (SSSR count). The summed E-state index contributed by atoms with van der Waals surface area (Å²) in [5.74, 6) is -10.5. The highest BCUT2D eigenvalue weighted by atomic mass is 79.9. The lowest BCUT2D eigenvalue weighted by atomic mass is 10.0. The molecule has 0 atom stereocenters. The SMILES string of the molecule is CCOc1cc(Br)cc(C(=O)C(F)(F)C(F)(F)F)c1F. The van der Waals surface area contributed by atoms with Crippen LogP contribution in [0.15, 0.2) is 16.6 Å². The first-order chi connectivity index (χ1) is 9.02. The van der Waals surface area contributed by atoms with Crippen LogP contribution in [0.1, 0.15) is 17.3 Å². The van der Waals surface area contributed by atoms with Crippen LogP contribution >= 0.6 is 15.9 Å². The molecule has 0 radical (unpaired) electrons. The van der Waals surface area contributed by atoms with Crippen LogP contribution in [-0.2, 0) is 0 Å². The zero-order chi connectivity index (χ0) is 15.7. The molecular weight excluding hydrogens is 358 g/mol. The maximum atomic E-state index is 13.7. The summed E-state index contributed by atoms with van der Waals surface area (Å²) in [6.45, 7) is 1.39. The Morgan fingerprint density at radius 2 is 1.80 bits per heavy atom. The van der Waals surface area contributed by atoms with E-state index in [1.54, 1.807) is 0 Å². The van der Waals surface area contributed by atoms with Crippen molar-refractivity contribution in [2.75, 3.05) is 6.61 Å². The van der Waals surface area contributed by atoms with Crippen molar-refractivity contribution in [1.82, 2.24) is 0 Å². The van der Waals surface area contributed by atoms with Crippen molar-refractivity contribution in [1.29, 1.82) is 0 Å². The predicted octanol–water partition coefficient (Wildman–Crippen LogP) is 4.37. The van der Waals surface area contributed by atoms with Crippen molar-refractivity contribution in [3.8, 4) is 5.75 Å². The summed E-state index contributed by atoms with van der Waals surface area (Å²) in [4.78, 5) is 11.3. The van der Waals surface area contributed by atoms with Gasteiger partial charge in [0, 0.05) is 4.47 Å². The van der Waals surface area contributed by atoms with E-state index in [1.165, 1.54) is 6.92 Å². The first-order valence-electron chi connectivity index (χ1n) is 5.13. The molecule has 0 fully saturated rings. The third kappa shape index (κ3) is 3.08. The molecule has 0 aliphatic carbocycles. The Morgan fingerprint density at radius 1 is 1.25 bits per heavy atom. The lowest BCUT2D eigenvalue weighted by molar-refractivity contribution is -0.255. The first kappa shape index (κ1) is 16.8. The minimum Gasteiger partial charge on any atom is -0.491 e. The van der Waals surface area contributed by atoms with E-state index < -0.39 is 35.0 Å². The zero-order valence-corrected chi connectivity index (χ0v) is 11.4. The summed E-state index contributed by atoms with van der Waals surface area (Å²) in [5, 5.41) is 0. The van der Waals surface area contributed by atoms with Gasteiger partial charge in [-0.1, -0.05) is 15.9 Å². The maximum Gasteiger partial charge on any atom is 0.461 e. The van der Waals surface area contributed by atoms with Crippen molar-refractivity contribution < 1.29 is 35.9 Å². The average molecular weight is 365 g/mol. The summed E-state index contributed by atoms with van der Waals surface area (Å²) in [5.41, 5.74) is -1.40. The quantitative estimate of drug-likeness (QED) is 0.585. The fourth-order valence-electron chi connectivity index (χ4n) is 1.29. The van der Waals surface area contributed by atoms with Crippen LogP contribution in [-0.4, -0.2) is 24.5 Å². The molecule has 1 aromatic rings. The third-order valence-electron chi connectivity index (χ3n) is 2.19. The second kappa shape index (κ2) is 5.63. The van der Waals surface area contributed by atoms with Gasteiger partial charge >= 0.3 is 12.1 Å². The van der Waals surface area contributed by atoms with Crippen LogP contribution in [0.25, 0.3) is 0 Å².